The van der Waals surface area contributed by atoms with E-state index in [1.54, 1.807) is 0 Å². The number of carbonyl (C=O) groups is 1. The van der Waals surface area contributed by atoms with E-state index in [9.17, 15) is 4.79 Å². The molecule has 3 unspecified atom stereocenters. The Morgan fingerprint density at radius 2 is 1.73 bits per heavy atom. The zero-order valence-electron chi connectivity index (χ0n) is 16.4. The SMILES string of the molecule is C[C@]12CC[C@H]3[C@@H](CCC4CC5OC5C[C@@]43C)[C@@H]1CC[C@@H]2[C@@H]1COC(=O)C1. The molecule has 2 heterocycles. The summed E-state index contributed by atoms with van der Waals surface area (Å²) in [5, 5.41) is 0. The molecule has 144 valence electrons. The topological polar surface area (TPSA) is 38.8 Å². The fraction of sp³-hybridized carbons (Fsp3) is 0.957. The first-order valence-electron chi connectivity index (χ1n) is 11.3. The van der Waals surface area contributed by atoms with Crippen LogP contribution in [0.5, 0.6) is 0 Å². The zero-order chi connectivity index (χ0) is 17.7. The number of rotatable bonds is 1. The Morgan fingerprint density at radius 3 is 2.54 bits per heavy atom. The summed E-state index contributed by atoms with van der Waals surface area (Å²) in [5.41, 5.74) is 0.989. The van der Waals surface area contributed by atoms with Crippen LogP contribution in [0.25, 0.3) is 0 Å². The maximum atomic E-state index is 11.7. The number of esters is 1. The van der Waals surface area contributed by atoms with E-state index in [4.69, 9.17) is 9.47 Å². The summed E-state index contributed by atoms with van der Waals surface area (Å²) in [5.74, 6) is 4.90. The minimum absolute atomic E-state index is 0.0462. The van der Waals surface area contributed by atoms with E-state index in [2.05, 4.69) is 13.8 Å². The van der Waals surface area contributed by atoms with Gasteiger partial charge in [0.25, 0.3) is 0 Å². The van der Waals surface area contributed by atoms with Crippen LogP contribution in [0.2, 0.25) is 0 Å². The van der Waals surface area contributed by atoms with E-state index < -0.39 is 0 Å². The van der Waals surface area contributed by atoms with Gasteiger partial charge in [-0.15, -0.1) is 0 Å². The lowest BCUT2D eigenvalue weighted by atomic mass is 9.44. The highest BCUT2D eigenvalue weighted by Gasteiger charge is 2.64. The molecule has 0 aromatic heterocycles. The molecule has 4 aliphatic carbocycles. The third kappa shape index (κ3) is 2.07. The molecule has 26 heavy (non-hydrogen) atoms. The minimum atomic E-state index is 0.0462. The van der Waals surface area contributed by atoms with Gasteiger partial charge in [0.15, 0.2) is 0 Å². The van der Waals surface area contributed by atoms with Crippen molar-refractivity contribution in [2.45, 2.75) is 83.8 Å². The van der Waals surface area contributed by atoms with Crippen LogP contribution in [0.1, 0.15) is 71.6 Å². The van der Waals surface area contributed by atoms with Gasteiger partial charge in [0.2, 0.25) is 0 Å². The second-order valence-electron chi connectivity index (χ2n) is 11.2. The molecule has 10 atom stereocenters. The van der Waals surface area contributed by atoms with Gasteiger partial charge in [-0.25, -0.2) is 0 Å². The Kier molecular flexibility index (Phi) is 3.32. The summed E-state index contributed by atoms with van der Waals surface area (Å²) in [6, 6.07) is 0. The molecule has 4 saturated carbocycles. The Labute approximate surface area is 157 Å². The number of carbonyl (C=O) groups excluding carboxylic acids is 1. The maximum Gasteiger partial charge on any atom is 0.306 e. The van der Waals surface area contributed by atoms with Gasteiger partial charge < -0.3 is 9.47 Å². The quantitative estimate of drug-likeness (QED) is 0.508. The second-order valence-corrected chi connectivity index (χ2v) is 11.2. The van der Waals surface area contributed by atoms with E-state index in [1.165, 1.54) is 51.4 Å². The number of ether oxygens (including phenoxy) is 2. The van der Waals surface area contributed by atoms with E-state index in [0.29, 0.717) is 47.9 Å². The van der Waals surface area contributed by atoms with E-state index in [1.807, 2.05) is 0 Å². The van der Waals surface area contributed by atoms with Crippen LogP contribution in [-0.2, 0) is 14.3 Å². The molecular weight excluding hydrogens is 324 g/mol. The van der Waals surface area contributed by atoms with Crippen LogP contribution in [-0.4, -0.2) is 24.8 Å². The first kappa shape index (κ1) is 16.4. The first-order chi connectivity index (χ1) is 12.5. The number of hydrogen-bond acceptors (Lipinski definition) is 3. The summed E-state index contributed by atoms with van der Waals surface area (Å²) in [7, 11) is 0. The van der Waals surface area contributed by atoms with Crippen molar-refractivity contribution in [2.75, 3.05) is 6.61 Å². The smallest absolute Gasteiger partial charge is 0.306 e. The van der Waals surface area contributed by atoms with Crippen LogP contribution in [0.3, 0.4) is 0 Å². The lowest BCUT2D eigenvalue weighted by molar-refractivity contribution is -0.137. The first-order valence-corrected chi connectivity index (χ1v) is 11.3. The van der Waals surface area contributed by atoms with E-state index >= 15 is 0 Å². The fourth-order valence-corrected chi connectivity index (χ4v) is 9.13. The Morgan fingerprint density at radius 1 is 0.923 bits per heavy atom. The fourth-order valence-electron chi connectivity index (χ4n) is 9.13. The third-order valence-corrected chi connectivity index (χ3v) is 10.4. The van der Waals surface area contributed by atoms with Crippen LogP contribution in [0.15, 0.2) is 0 Å². The standard InChI is InChI=1S/C23H34O3/c1-22-8-7-18-15(4-3-14-10-19-20(26-19)11-23(14,18)2)17(22)6-5-16(22)13-9-21(24)25-12-13/h13-20H,3-12H2,1-2H3/t13-,14?,15-,16+,17-,18-,19?,20?,22+,23-/m0/s1. The minimum Gasteiger partial charge on any atom is -0.465 e. The van der Waals surface area contributed by atoms with Crippen molar-refractivity contribution >= 4 is 5.97 Å². The summed E-state index contributed by atoms with van der Waals surface area (Å²) in [6.45, 7) is 5.91. The molecule has 6 aliphatic rings. The number of fused-ring (bicyclic) bond motifs is 6. The summed E-state index contributed by atoms with van der Waals surface area (Å²) in [4.78, 5) is 11.7. The molecule has 3 nitrogen and oxygen atoms in total. The number of epoxide rings is 1. The highest BCUT2D eigenvalue weighted by molar-refractivity contribution is 5.71. The lowest BCUT2D eigenvalue weighted by Crippen LogP contribution is -2.54. The van der Waals surface area contributed by atoms with Gasteiger partial charge in [-0.3, -0.25) is 4.79 Å². The zero-order valence-corrected chi connectivity index (χ0v) is 16.4. The molecule has 0 amide bonds. The molecule has 0 aromatic carbocycles. The molecule has 0 N–H and O–H groups in total. The molecule has 2 aliphatic heterocycles. The van der Waals surface area contributed by atoms with Crippen molar-refractivity contribution in [2.24, 2.45) is 46.3 Å². The molecular formula is C23H34O3. The Balaban J connectivity index is 1.27. The van der Waals surface area contributed by atoms with Crippen molar-refractivity contribution in [3.8, 4) is 0 Å². The van der Waals surface area contributed by atoms with Crippen LogP contribution >= 0.6 is 0 Å². The van der Waals surface area contributed by atoms with Crippen molar-refractivity contribution in [3.05, 3.63) is 0 Å². The van der Waals surface area contributed by atoms with Crippen LogP contribution in [0, 0.1) is 46.3 Å². The average molecular weight is 359 g/mol. The molecule has 0 spiro atoms. The number of hydrogen-bond donors (Lipinski definition) is 0. The third-order valence-electron chi connectivity index (χ3n) is 10.4. The van der Waals surface area contributed by atoms with Crippen molar-refractivity contribution in [1.82, 2.24) is 0 Å². The average Bonchev–Trinajstić information content (AvgIpc) is 3.04. The summed E-state index contributed by atoms with van der Waals surface area (Å²) in [6.07, 6.45) is 13.0. The molecule has 6 rings (SSSR count). The van der Waals surface area contributed by atoms with Crippen LogP contribution < -0.4 is 0 Å². The molecule has 2 saturated heterocycles. The maximum absolute atomic E-state index is 11.7. The van der Waals surface area contributed by atoms with Gasteiger partial charge in [0.1, 0.15) is 0 Å². The van der Waals surface area contributed by atoms with Gasteiger partial charge in [-0.2, -0.15) is 0 Å². The number of cyclic esters (lactones) is 1. The molecule has 0 radical (unpaired) electrons. The van der Waals surface area contributed by atoms with E-state index in [0.717, 1.165) is 23.7 Å². The highest BCUT2D eigenvalue weighted by atomic mass is 16.6. The normalized spacial score (nSPS) is 60.5. The lowest BCUT2D eigenvalue weighted by Gasteiger charge is -2.60. The monoisotopic (exact) mass is 358 g/mol. The molecule has 3 heteroatoms. The largest absolute Gasteiger partial charge is 0.465 e. The predicted molar refractivity (Wildman–Crippen MR) is 98.3 cm³/mol. The van der Waals surface area contributed by atoms with Crippen molar-refractivity contribution in [3.63, 3.8) is 0 Å². The molecule has 0 bridgehead atoms. The predicted octanol–water partition coefficient (Wildman–Crippen LogP) is 4.59. The van der Waals surface area contributed by atoms with Gasteiger partial charge in [0, 0.05) is 5.92 Å². The Bertz CT molecular complexity index is 631. The van der Waals surface area contributed by atoms with Gasteiger partial charge in [-0.05, 0) is 91.8 Å². The van der Waals surface area contributed by atoms with Gasteiger partial charge in [-0.1, -0.05) is 13.8 Å². The Hall–Kier alpha value is -0.570. The molecule has 0 aromatic rings. The van der Waals surface area contributed by atoms with E-state index in [-0.39, 0.29) is 5.97 Å². The van der Waals surface area contributed by atoms with Crippen LogP contribution in [0.4, 0.5) is 0 Å². The van der Waals surface area contributed by atoms with Gasteiger partial charge >= 0.3 is 5.97 Å². The van der Waals surface area contributed by atoms with Gasteiger partial charge in [0.05, 0.1) is 25.2 Å². The van der Waals surface area contributed by atoms with Crippen molar-refractivity contribution in [1.29, 1.82) is 0 Å². The molecule has 6 fully saturated rings. The second kappa shape index (κ2) is 5.27. The summed E-state index contributed by atoms with van der Waals surface area (Å²) < 4.78 is 11.3. The highest BCUT2D eigenvalue weighted by Crippen LogP contribution is 2.69. The van der Waals surface area contributed by atoms with Crippen molar-refractivity contribution < 1.29 is 14.3 Å². The summed E-state index contributed by atoms with van der Waals surface area (Å²) >= 11 is 0.